The van der Waals surface area contributed by atoms with Crippen molar-refractivity contribution >= 4 is 51.4 Å². The van der Waals surface area contributed by atoms with Crippen LogP contribution in [0.4, 0.5) is 119 Å². The van der Waals surface area contributed by atoms with Crippen LogP contribution in [0.25, 0.3) is 0 Å². The quantitative estimate of drug-likeness (QED) is 0.201. The van der Waals surface area contributed by atoms with Gasteiger partial charge in [-0.15, -0.1) is 0 Å². The van der Waals surface area contributed by atoms with Crippen LogP contribution < -0.4 is 0 Å². The molecule has 1 fully saturated rings. The van der Waals surface area contributed by atoms with Crippen molar-refractivity contribution in [3.63, 3.8) is 0 Å². The van der Waals surface area contributed by atoms with E-state index in [1.807, 2.05) is 0 Å². The molecule has 2 unspecified atom stereocenters. The Morgan fingerprint density at radius 2 is 0.644 bits per heavy atom. The van der Waals surface area contributed by atoms with Crippen LogP contribution in [0.5, 0.6) is 0 Å². The van der Waals surface area contributed by atoms with Crippen molar-refractivity contribution in [2.45, 2.75) is 83.6 Å². The van der Waals surface area contributed by atoms with E-state index < -0.39 is 83.6 Å². The van der Waals surface area contributed by atoms with E-state index in [0.717, 1.165) is 0 Å². The zero-order chi connectivity index (χ0) is 36.4. The summed E-state index contributed by atoms with van der Waals surface area (Å²) in [6.07, 6.45) is -33.1. The zero-order valence-corrected chi connectivity index (χ0v) is 18.5. The summed E-state index contributed by atoms with van der Waals surface area (Å²) < 4.78 is 361. The molecule has 0 aromatic carbocycles. The van der Waals surface area contributed by atoms with Crippen LogP contribution in [-0.2, 0) is 9.47 Å². The molecule has 0 aromatic heterocycles. The molecule has 31 heteroatoms. The van der Waals surface area contributed by atoms with Crippen LogP contribution in [0, 0.1) is 0 Å². The van der Waals surface area contributed by atoms with E-state index in [9.17, 15) is 119 Å². The summed E-state index contributed by atoms with van der Waals surface area (Å²) in [6.45, 7) is 0. The second-order valence-electron chi connectivity index (χ2n) is 8.06. The van der Waals surface area contributed by atoms with Crippen LogP contribution >= 0.6 is 0 Å². The maximum atomic E-state index is 14.5. The number of hydrogen-bond donors (Lipinski definition) is 1. The summed E-state index contributed by atoms with van der Waals surface area (Å²) in [5.74, 6) is -90.0. The molecule has 1 heterocycles. The molecule has 0 amide bonds. The van der Waals surface area contributed by atoms with Crippen LogP contribution in [0.15, 0.2) is 0 Å². The van der Waals surface area contributed by atoms with Crippen LogP contribution in [0.3, 0.4) is 0 Å². The van der Waals surface area contributed by atoms with Gasteiger partial charge in [0.15, 0.2) is 0 Å². The predicted molar refractivity (Wildman–Crippen MR) is 79.7 cm³/mol. The molecule has 0 aromatic rings. The van der Waals surface area contributed by atoms with Crippen LogP contribution in [0.1, 0.15) is 0 Å². The molecule has 0 spiro atoms. The first-order valence-electron chi connectivity index (χ1n) is 9.14. The van der Waals surface area contributed by atoms with Gasteiger partial charge in [-0.05, 0) is 0 Å². The third-order valence-corrected chi connectivity index (χ3v) is 5.22. The molecule has 1 aliphatic heterocycles. The number of rotatable bonds is 9. The van der Waals surface area contributed by atoms with Crippen LogP contribution in [-0.4, -0.2) is 140 Å². The third-order valence-electron chi connectivity index (χ3n) is 5.22. The SMILES string of the molecule is OC(F)(F)C1(C(F)(F)C(F)(F)C(F)(F)C(F)(F)C(F)(F)F)OC(F)(F)C(F)(C(F)(F)C(F)(F)C(F)(F)C(F)(F)C(F)(F)F)O1.[KH]. The average Bonchev–Trinajstić information content (AvgIpc) is 2.99. The Balaban J connectivity index is 0.0000194. The van der Waals surface area contributed by atoms with Gasteiger partial charge in [-0.3, -0.25) is 9.47 Å². The van der Waals surface area contributed by atoms with Gasteiger partial charge in [0, 0.05) is 0 Å². The van der Waals surface area contributed by atoms with E-state index in [1.165, 1.54) is 9.47 Å². The van der Waals surface area contributed by atoms with E-state index >= 15 is 0 Å². The normalized spacial score (nSPS) is 25.3. The maximum absolute atomic E-state index is 14.5. The number of ether oxygens (including phenoxy) is 2. The molecular formula is C14H2F27KO3. The molecule has 2 atom stereocenters. The summed E-state index contributed by atoms with van der Waals surface area (Å²) in [6, 6.07) is 0. The number of aliphatic hydroxyl groups is 1. The molecule has 0 bridgehead atoms. The standard InChI is InChI=1S/C14HF27O3.K.H/c15-1(16,3(19,20)7(27,28)11(32,33)34)5(23,24)9(31)14(40,41)44-10(43-9,13(38,39)42)6(25,26)2(17,18)4(21,22)8(29,30)12(35,36)37;;/h42H;;. The van der Waals surface area contributed by atoms with Crippen molar-refractivity contribution in [1.82, 2.24) is 0 Å². The fourth-order valence-corrected chi connectivity index (χ4v) is 2.76. The molecule has 1 aliphatic rings. The Hall–Kier alpha value is -0.374. The van der Waals surface area contributed by atoms with Crippen molar-refractivity contribution in [1.29, 1.82) is 0 Å². The Morgan fingerprint density at radius 3 is 0.889 bits per heavy atom. The van der Waals surface area contributed by atoms with Gasteiger partial charge in [0.05, 0.1) is 0 Å². The first-order valence-corrected chi connectivity index (χ1v) is 9.14. The molecular weight excluding hydrogens is 768 g/mol. The van der Waals surface area contributed by atoms with Crippen molar-refractivity contribution in [3.05, 3.63) is 0 Å². The number of halogens is 27. The molecule has 0 aliphatic carbocycles. The van der Waals surface area contributed by atoms with Crippen molar-refractivity contribution in [3.8, 4) is 0 Å². The van der Waals surface area contributed by atoms with Gasteiger partial charge >= 0.3 is 135 Å². The summed E-state index contributed by atoms with van der Waals surface area (Å²) >= 11 is 0. The summed E-state index contributed by atoms with van der Waals surface area (Å²) in [5.41, 5.74) is 0. The summed E-state index contributed by atoms with van der Waals surface area (Å²) in [4.78, 5) is 0. The van der Waals surface area contributed by atoms with E-state index in [0.29, 0.717) is 0 Å². The minimum absolute atomic E-state index is 0. The molecule has 0 saturated carbocycles. The Kier molecular flexibility index (Phi) is 10.7. The van der Waals surface area contributed by atoms with Gasteiger partial charge in [-0.25, -0.2) is 0 Å². The monoisotopic (exact) mass is 770 g/mol. The minimum atomic E-state index is -9.31. The average molecular weight is 770 g/mol. The van der Waals surface area contributed by atoms with E-state index in [-0.39, 0.29) is 51.4 Å². The van der Waals surface area contributed by atoms with E-state index in [1.54, 1.807) is 0 Å². The third kappa shape index (κ3) is 5.28. The van der Waals surface area contributed by atoms with Gasteiger partial charge in [0.2, 0.25) is 0 Å². The van der Waals surface area contributed by atoms with Gasteiger partial charge in [-0.2, -0.15) is 119 Å². The number of hydrogen-bond acceptors (Lipinski definition) is 3. The second kappa shape index (κ2) is 10.8. The molecule has 3 nitrogen and oxygen atoms in total. The molecule has 0 radical (unpaired) electrons. The molecule has 266 valence electrons. The zero-order valence-electron chi connectivity index (χ0n) is 18.5. The molecule has 1 rings (SSSR count). The fourth-order valence-electron chi connectivity index (χ4n) is 2.76. The van der Waals surface area contributed by atoms with Crippen molar-refractivity contribution in [2.75, 3.05) is 0 Å². The van der Waals surface area contributed by atoms with Crippen LogP contribution in [0.2, 0.25) is 0 Å². The number of alkyl halides is 27. The van der Waals surface area contributed by atoms with Gasteiger partial charge in [-0.1, -0.05) is 0 Å². The first-order chi connectivity index (χ1) is 18.4. The fraction of sp³-hybridized carbons (Fsp3) is 1.00. The second-order valence-corrected chi connectivity index (χ2v) is 8.06. The Bertz CT molecular complexity index is 1100. The van der Waals surface area contributed by atoms with Crippen molar-refractivity contribution in [2.24, 2.45) is 0 Å². The Morgan fingerprint density at radius 1 is 0.378 bits per heavy atom. The predicted octanol–water partition coefficient (Wildman–Crippen LogP) is 7.13. The molecule has 1 saturated heterocycles. The van der Waals surface area contributed by atoms with Crippen molar-refractivity contribution < 1.29 is 133 Å². The topological polar surface area (TPSA) is 38.7 Å². The van der Waals surface area contributed by atoms with Gasteiger partial charge in [0.1, 0.15) is 0 Å². The molecule has 1 N–H and O–H groups in total. The van der Waals surface area contributed by atoms with Gasteiger partial charge < -0.3 is 5.11 Å². The Labute approximate surface area is 267 Å². The first kappa shape index (κ1) is 44.6. The van der Waals surface area contributed by atoms with E-state index in [4.69, 9.17) is 5.11 Å². The summed E-state index contributed by atoms with van der Waals surface area (Å²) in [5, 5.41) is 8.22. The van der Waals surface area contributed by atoms with Gasteiger partial charge in [0.25, 0.3) is 0 Å². The van der Waals surface area contributed by atoms with E-state index in [2.05, 4.69) is 0 Å². The molecule has 45 heavy (non-hydrogen) atoms. The summed E-state index contributed by atoms with van der Waals surface area (Å²) in [7, 11) is 0.